The number of aromatic nitrogens is 2. The van der Waals surface area contributed by atoms with Crippen molar-refractivity contribution in [2.75, 3.05) is 13.7 Å². The number of hydrogen-bond acceptors (Lipinski definition) is 5. The number of halogens is 2. The van der Waals surface area contributed by atoms with Gasteiger partial charge in [0.2, 0.25) is 0 Å². The van der Waals surface area contributed by atoms with Gasteiger partial charge in [0.15, 0.2) is 11.6 Å². The van der Waals surface area contributed by atoms with Gasteiger partial charge in [-0.05, 0) is 50.1 Å². The molecule has 0 fully saturated rings. The Balaban J connectivity index is 1.93. The number of carbonyl (C=O) groups excluding carboxylic acids is 1. The third kappa shape index (κ3) is 6.36. The Bertz CT molecular complexity index is 1630. The lowest BCUT2D eigenvalue weighted by Crippen LogP contribution is -2.45. The van der Waals surface area contributed by atoms with Crippen LogP contribution in [0.2, 0.25) is 0 Å². The summed E-state index contributed by atoms with van der Waals surface area (Å²) >= 11 is 0. The zero-order chi connectivity index (χ0) is 29.5. The van der Waals surface area contributed by atoms with Crippen molar-refractivity contribution < 1.29 is 18.3 Å². The highest BCUT2D eigenvalue weighted by Crippen LogP contribution is 2.29. The second-order valence-corrected chi connectivity index (χ2v) is 9.83. The third-order valence-corrected chi connectivity index (χ3v) is 7.27. The number of rotatable bonds is 12. The summed E-state index contributed by atoms with van der Waals surface area (Å²) in [7, 11) is 1.33. The zero-order valence-electron chi connectivity index (χ0n) is 23.3. The average Bonchev–Trinajstić information content (AvgIpc) is 2.97. The molecule has 1 N–H and O–H groups in total. The fraction of sp³-hybridized carbons (Fsp3) is 0.281. The maximum absolute atomic E-state index is 15.5. The molecule has 0 bridgehead atoms. The summed E-state index contributed by atoms with van der Waals surface area (Å²) in [6.07, 6.45) is 1.78. The number of hydrogen-bond donors (Lipinski definition) is 1. The van der Waals surface area contributed by atoms with E-state index in [1.807, 2.05) is 30.3 Å². The minimum absolute atomic E-state index is 0.0113. The van der Waals surface area contributed by atoms with Crippen LogP contribution in [0.4, 0.5) is 8.78 Å². The Morgan fingerprint density at radius 1 is 0.951 bits per heavy atom. The van der Waals surface area contributed by atoms with Gasteiger partial charge in [0.25, 0.3) is 5.56 Å². The van der Waals surface area contributed by atoms with Crippen LogP contribution in [0.1, 0.15) is 41.3 Å². The van der Waals surface area contributed by atoms with Crippen LogP contribution in [0, 0.1) is 25.5 Å². The van der Waals surface area contributed by atoms with Crippen molar-refractivity contribution in [1.82, 2.24) is 14.5 Å². The van der Waals surface area contributed by atoms with E-state index in [0.29, 0.717) is 30.5 Å². The predicted molar refractivity (Wildman–Crippen MR) is 154 cm³/mol. The van der Waals surface area contributed by atoms with Gasteiger partial charge in [-0.15, -0.1) is 0 Å². The van der Waals surface area contributed by atoms with Crippen molar-refractivity contribution >= 4 is 6.29 Å². The SMILES string of the molecule is COc1cccc(-c2c(C)n(Cc3c(C)cccc3F)c(=O)n(C[C@H](NCCCC=O)c3ccccc3)c2=O)c1F. The van der Waals surface area contributed by atoms with Crippen molar-refractivity contribution in [1.29, 1.82) is 0 Å². The Morgan fingerprint density at radius 3 is 2.37 bits per heavy atom. The van der Waals surface area contributed by atoms with E-state index in [0.717, 1.165) is 16.4 Å². The van der Waals surface area contributed by atoms with E-state index in [9.17, 15) is 18.8 Å². The van der Waals surface area contributed by atoms with Gasteiger partial charge in [0.1, 0.15) is 12.1 Å². The van der Waals surface area contributed by atoms with Gasteiger partial charge < -0.3 is 14.8 Å². The molecule has 0 unspecified atom stereocenters. The summed E-state index contributed by atoms with van der Waals surface area (Å²) in [6, 6.07) is 18.0. The van der Waals surface area contributed by atoms with E-state index in [1.54, 1.807) is 32.0 Å². The molecule has 0 aliphatic carbocycles. The molecule has 4 rings (SSSR count). The molecular formula is C32H33F2N3O4. The number of aryl methyl sites for hydroxylation is 1. The Hall–Kier alpha value is -4.37. The highest BCUT2D eigenvalue weighted by Gasteiger charge is 2.24. The second-order valence-electron chi connectivity index (χ2n) is 9.83. The van der Waals surface area contributed by atoms with E-state index >= 15 is 4.39 Å². The monoisotopic (exact) mass is 561 g/mol. The first-order chi connectivity index (χ1) is 19.8. The van der Waals surface area contributed by atoms with Crippen molar-refractivity contribution in [2.24, 2.45) is 0 Å². The Labute approximate surface area is 237 Å². The van der Waals surface area contributed by atoms with Crippen molar-refractivity contribution in [3.05, 3.63) is 122 Å². The largest absolute Gasteiger partial charge is 0.494 e. The van der Waals surface area contributed by atoms with Crippen LogP contribution in [0.5, 0.6) is 5.75 Å². The quantitative estimate of drug-likeness (QED) is 0.196. The van der Waals surface area contributed by atoms with E-state index < -0.39 is 28.9 Å². The van der Waals surface area contributed by atoms with E-state index in [4.69, 9.17) is 4.74 Å². The van der Waals surface area contributed by atoms with Crippen molar-refractivity contribution in [3.63, 3.8) is 0 Å². The number of ether oxygens (including phenoxy) is 1. The first-order valence-corrected chi connectivity index (χ1v) is 13.4. The second kappa shape index (κ2) is 13.3. The molecule has 1 heterocycles. The fourth-order valence-electron chi connectivity index (χ4n) is 4.96. The first-order valence-electron chi connectivity index (χ1n) is 13.4. The van der Waals surface area contributed by atoms with Gasteiger partial charge in [-0.2, -0.15) is 0 Å². The summed E-state index contributed by atoms with van der Waals surface area (Å²) in [4.78, 5) is 38.9. The van der Waals surface area contributed by atoms with Crippen LogP contribution in [0.25, 0.3) is 11.1 Å². The molecule has 1 atom stereocenters. The molecule has 1 aromatic heterocycles. The summed E-state index contributed by atoms with van der Waals surface area (Å²) < 4.78 is 38.0. The molecule has 4 aromatic rings. The molecule has 0 aliphatic rings. The normalized spacial score (nSPS) is 11.8. The number of carbonyl (C=O) groups is 1. The van der Waals surface area contributed by atoms with Crippen molar-refractivity contribution in [3.8, 4) is 16.9 Å². The lowest BCUT2D eigenvalue weighted by atomic mass is 10.0. The molecular weight excluding hydrogens is 528 g/mol. The number of benzene rings is 3. The summed E-state index contributed by atoms with van der Waals surface area (Å²) in [6.45, 7) is 3.55. The number of unbranched alkanes of at least 4 members (excludes halogenated alkanes) is 1. The Morgan fingerprint density at radius 2 is 1.68 bits per heavy atom. The molecule has 0 aliphatic heterocycles. The van der Waals surface area contributed by atoms with Crippen LogP contribution in [-0.2, 0) is 17.9 Å². The maximum Gasteiger partial charge on any atom is 0.331 e. The van der Waals surface area contributed by atoms with Gasteiger partial charge in [0.05, 0.1) is 31.8 Å². The molecule has 0 radical (unpaired) electrons. The smallest absolute Gasteiger partial charge is 0.331 e. The van der Waals surface area contributed by atoms with E-state index in [2.05, 4.69) is 5.32 Å². The molecule has 3 aromatic carbocycles. The molecule has 41 heavy (non-hydrogen) atoms. The van der Waals surface area contributed by atoms with Crippen LogP contribution < -0.4 is 21.3 Å². The van der Waals surface area contributed by atoms with Gasteiger partial charge in [-0.25, -0.2) is 13.6 Å². The minimum atomic E-state index is -0.736. The molecule has 9 heteroatoms. The first kappa shape index (κ1) is 29.6. The molecule has 0 saturated carbocycles. The van der Waals surface area contributed by atoms with Crippen LogP contribution in [0.15, 0.2) is 76.3 Å². The van der Waals surface area contributed by atoms with Gasteiger partial charge in [-0.1, -0.05) is 54.6 Å². The zero-order valence-corrected chi connectivity index (χ0v) is 23.3. The lowest BCUT2D eigenvalue weighted by molar-refractivity contribution is -0.107. The molecule has 0 amide bonds. The summed E-state index contributed by atoms with van der Waals surface area (Å²) in [5.74, 6) is -1.27. The number of nitrogens with zero attached hydrogens (tertiary/aromatic N) is 2. The van der Waals surface area contributed by atoms with E-state index in [-0.39, 0.29) is 35.7 Å². The third-order valence-electron chi connectivity index (χ3n) is 7.27. The Kier molecular flexibility index (Phi) is 9.62. The van der Waals surface area contributed by atoms with Crippen LogP contribution in [0.3, 0.4) is 0 Å². The highest BCUT2D eigenvalue weighted by atomic mass is 19.1. The maximum atomic E-state index is 15.5. The number of methoxy groups -OCH3 is 1. The lowest BCUT2D eigenvalue weighted by Gasteiger charge is -2.23. The van der Waals surface area contributed by atoms with Crippen LogP contribution in [-0.4, -0.2) is 29.1 Å². The topological polar surface area (TPSA) is 82.3 Å². The van der Waals surface area contributed by atoms with Crippen LogP contribution >= 0.6 is 0 Å². The summed E-state index contributed by atoms with van der Waals surface area (Å²) in [5.41, 5.74) is 0.637. The molecule has 214 valence electrons. The van der Waals surface area contributed by atoms with Gasteiger partial charge >= 0.3 is 5.69 Å². The van der Waals surface area contributed by atoms with Crippen molar-refractivity contribution in [2.45, 2.75) is 45.8 Å². The highest BCUT2D eigenvalue weighted by molar-refractivity contribution is 5.67. The van der Waals surface area contributed by atoms with E-state index in [1.165, 1.54) is 29.9 Å². The fourth-order valence-corrected chi connectivity index (χ4v) is 4.96. The van der Waals surface area contributed by atoms with Gasteiger partial charge in [0, 0.05) is 23.2 Å². The standard InChI is InChI=1S/C32H33F2N3O4/c1-21-11-9-15-26(33)25(21)19-36-22(2)29(24-14-10-16-28(41-3)30(24)34)31(39)37(32(36)40)20-27(35-17-7-8-18-38)23-12-5-4-6-13-23/h4-6,9-16,18,27,35H,7-8,17,19-20H2,1-3H3/t27-/m0/s1. The number of nitrogens with one attached hydrogen (secondary N) is 1. The molecule has 7 nitrogen and oxygen atoms in total. The molecule has 0 spiro atoms. The van der Waals surface area contributed by atoms with Gasteiger partial charge in [-0.3, -0.25) is 13.9 Å². The predicted octanol–water partition coefficient (Wildman–Crippen LogP) is 4.94. The summed E-state index contributed by atoms with van der Waals surface area (Å²) in [5, 5.41) is 3.34. The number of aldehydes is 1. The average molecular weight is 562 g/mol. The minimum Gasteiger partial charge on any atom is -0.494 e. The molecule has 0 saturated heterocycles.